The number of hydrogen-bond donors (Lipinski definition) is 2. The van der Waals surface area contributed by atoms with Crippen LogP contribution < -0.4 is 15.4 Å². The van der Waals surface area contributed by atoms with Crippen molar-refractivity contribution in [3.05, 3.63) is 35.4 Å². The van der Waals surface area contributed by atoms with Gasteiger partial charge in [-0.05, 0) is 38.5 Å². The predicted molar refractivity (Wildman–Crippen MR) is 96.4 cm³/mol. The maximum Gasteiger partial charge on any atom is 0.262 e. The average molecular weight is 360 g/mol. The maximum atomic E-state index is 12.6. The number of carbonyl (C=O) groups is 2. The molecule has 2 aliphatic rings. The Balaban J connectivity index is 1.64. The highest BCUT2D eigenvalue weighted by Gasteiger charge is 2.28. The Bertz CT molecular complexity index is 712. The summed E-state index contributed by atoms with van der Waals surface area (Å²) in [5, 5.41) is 5.69. The lowest BCUT2D eigenvalue weighted by atomic mass is 10.1. The first kappa shape index (κ1) is 18.4. The van der Waals surface area contributed by atoms with Gasteiger partial charge in [0.15, 0.2) is 6.61 Å². The largest absolute Gasteiger partial charge is 0.482 e. The quantitative estimate of drug-likeness (QED) is 0.783. The number of carbonyl (C=O) groups excluding carboxylic acids is 2. The van der Waals surface area contributed by atoms with Crippen LogP contribution >= 0.6 is 0 Å². The first-order valence-corrected chi connectivity index (χ1v) is 8.73. The molecule has 0 aromatic heterocycles. The number of nitrogens with one attached hydrogen (secondary N) is 2. The molecule has 0 bridgehead atoms. The fourth-order valence-electron chi connectivity index (χ4n) is 2.86. The summed E-state index contributed by atoms with van der Waals surface area (Å²) >= 11 is 0. The van der Waals surface area contributed by atoms with Crippen molar-refractivity contribution in [3.63, 3.8) is 0 Å². The van der Waals surface area contributed by atoms with Gasteiger partial charge in [-0.1, -0.05) is 11.6 Å². The van der Waals surface area contributed by atoms with Crippen molar-refractivity contribution < 1.29 is 23.8 Å². The minimum atomic E-state index is -0.223. The number of benzene rings is 1. The van der Waals surface area contributed by atoms with E-state index in [4.69, 9.17) is 14.2 Å². The number of amides is 2. The molecule has 140 valence electrons. The smallest absolute Gasteiger partial charge is 0.262 e. The second-order valence-corrected chi connectivity index (χ2v) is 6.64. The van der Waals surface area contributed by atoms with Crippen molar-refractivity contribution >= 4 is 17.5 Å². The fraction of sp³-hybridized carbons (Fsp3) is 0.474. The third-order valence-corrected chi connectivity index (χ3v) is 4.29. The van der Waals surface area contributed by atoms with Crippen molar-refractivity contribution in [1.29, 1.82) is 0 Å². The van der Waals surface area contributed by atoms with E-state index in [0.717, 1.165) is 6.42 Å². The Morgan fingerprint density at radius 2 is 2.27 bits per heavy atom. The van der Waals surface area contributed by atoms with E-state index in [1.165, 1.54) is 5.57 Å². The van der Waals surface area contributed by atoms with Crippen LogP contribution in [0.4, 0.5) is 5.69 Å². The summed E-state index contributed by atoms with van der Waals surface area (Å²) < 4.78 is 16.8. The van der Waals surface area contributed by atoms with Gasteiger partial charge in [-0.15, -0.1) is 0 Å². The lowest BCUT2D eigenvalue weighted by Crippen LogP contribution is -2.50. The molecule has 0 aliphatic carbocycles. The molecule has 0 radical (unpaired) electrons. The summed E-state index contributed by atoms with van der Waals surface area (Å²) in [6.07, 6.45) is 2.67. The highest BCUT2D eigenvalue weighted by atomic mass is 16.5. The van der Waals surface area contributed by atoms with Crippen LogP contribution in [0.15, 0.2) is 29.8 Å². The summed E-state index contributed by atoms with van der Waals surface area (Å²) in [6, 6.07) is 4.75. The van der Waals surface area contributed by atoms with Crippen molar-refractivity contribution in [2.24, 2.45) is 0 Å². The first-order chi connectivity index (χ1) is 12.5. The number of fused-ring (bicyclic) bond motifs is 1. The van der Waals surface area contributed by atoms with Crippen LogP contribution in [0.25, 0.3) is 0 Å². The molecule has 2 N–H and O–H groups in total. The van der Waals surface area contributed by atoms with E-state index in [1.54, 1.807) is 18.2 Å². The zero-order valence-corrected chi connectivity index (χ0v) is 15.0. The molecule has 1 aromatic rings. The van der Waals surface area contributed by atoms with Crippen LogP contribution in [0.2, 0.25) is 0 Å². The Hall–Kier alpha value is -2.38. The number of hydrogen-bond acceptors (Lipinski definition) is 5. The first-order valence-electron chi connectivity index (χ1n) is 8.73. The fourth-order valence-corrected chi connectivity index (χ4v) is 2.86. The molecule has 1 saturated heterocycles. The van der Waals surface area contributed by atoms with Crippen molar-refractivity contribution in [3.8, 4) is 5.75 Å². The zero-order valence-electron chi connectivity index (χ0n) is 15.0. The van der Waals surface area contributed by atoms with Gasteiger partial charge in [0.1, 0.15) is 5.75 Å². The third kappa shape index (κ3) is 4.62. The second kappa shape index (κ2) is 8.33. The molecule has 2 heterocycles. The zero-order chi connectivity index (χ0) is 18.5. The Morgan fingerprint density at radius 1 is 1.42 bits per heavy atom. The molecule has 0 unspecified atom stereocenters. The van der Waals surface area contributed by atoms with E-state index in [9.17, 15) is 9.59 Å². The Labute approximate surface area is 152 Å². The summed E-state index contributed by atoms with van der Waals surface area (Å²) in [7, 11) is 0. The average Bonchev–Trinajstić information content (AvgIpc) is 2.62. The van der Waals surface area contributed by atoms with E-state index in [0.29, 0.717) is 36.8 Å². The van der Waals surface area contributed by atoms with Gasteiger partial charge >= 0.3 is 0 Å². The standard InChI is InChI=1S/C19H24N2O5/c1-12(2)5-8-25-16-6-7-24-10-15(16)21-19(23)13-3-4-14-17(9-13)26-11-18(22)20-14/h3-5,9,15-16H,6-8,10-11H2,1-2H3,(H,20,22)(H,21,23)/t15-,16+/m1/s1. The minimum Gasteiger partial charge on any atom is -0.482 e. The molecular formula is C19H24N2O5. The summed E-state index contributed by atoms with van der Waals surface area (Å²) in [4.78, 5) is 23.9. The molecule has 0 spiro atoms. The van der Waals surface area contributed by atoms with Crippen LogP contribution in [-0.2, 0) is 14.3 Å². The molecule has 0 saturated carbocycles. The monoisotopic (exact) mass is 360 g/mol. The molecule has 7 nitrogen and oxygen atoms in total. The highest BCUT2D eigenvalue weighted by Crippen LogP contribution is 2.28. The van der Waals surface area contributed by atoms with Gasteiger partial charge in [0.2, 0.25) is 0 Å². The number of anilines is 1. The SMILES string of the molecule is CC(C)=CCO[C@H]1CCOC[C@H]1NC(=O)c1ccc2c(c1)OCC(=O)N2. The Kier molecular flexibility index (Phi) is 5.90. The Morgan fingerprint density at radius 3 is 3.08 bits per heavy atom. The van der Waals surface area contributed by atoms with Crippen LogP contribution in [-0.4, -0.2) is 50.4 Å². The molecular weight excluding hydrogens is 336 g/mol. The molecule has 26 heavy (non-hydrogen) atoms. The van der Waals surface area contributed by atoms with Gasteiger partial charge in [0.25, 0.3) is 11.8 Å². The van der Waals surface area contributed by atoms with Gasteiger partial charge in [0.05, 0.1) is 31.0 Å². The predicted octanol–water partition coefficient (Wildman–Crippen LogP) is 1.89. The van der Waals surface area contributed by atoms with Gasteiger partial charge in [-0.3, -0.25) is 9.59 Å². The van der Waals surface area contributed by atoms with E-state index < -0.39 is 0 Å². The lowest BCUT2D eigenvalue weighted by molar-refractivity contribution is -0.118. The molecule has 7 heteroatoms. The molecule has 1 aromatic carbocycles. The number of rotatable bonds is 5. The van der Waals surface area contributed by atoms with Crippen LogP contribution in [0.5, 0.6) is 5.75 Å². The molecule has 2 aliphatic heterocycles. The normalized spacial score (nSPS) is 21.8. The van der Waals surface area contributed by atoms with Crippen LogP contribution in [0, 0.1) is 0 Å². The maximum absolute atomic E-state index is 12.6. The van der Waals surface area contributed by atoms with Crippen molar-refractivity contribution in [2.75, 3.05) is 31.7 Å². The molecule has 3 rings (SSSR count). The van der Waals surface area contributed by atoms with Crippen molar-refractivity contribution in [1.82, 2.24) is 5.32 Å². The number of ether oxygens (including phenoxy) is 3. The molecule has 2 atom stereocenters. The van der Waals surface area contributed by atoms with Gasteiger partial charge < -0.3 is 24.8 Å². The third-order valence-electron chi connectivity index (χ3n) is 4.29. The van der Waals surface area contributed by atoms with E-state index in [1.807, 2.05) is 19.9 Å². The summed E-state index contributed by atoms with van der Waals surface area (Å²) in [5.41, 5.74) is 2.23. The topological polar surface area (TPSA) is 85.9 Å². The van der Waals surface area contributed by atoms with Crippen LogP contribution in [0.3, 0.4) is 0 Å². The molecule has 1 fully saturated rings. The van der Waals surface area contributed by atoms with E-state index in [-0.39, 0.29) is 30.6 Å². The lowest BCUT2D eigenvalue weighted by Gasteiger charge is -2.32. The van der Waals surface area contributed by atoms with Crippen molar-refractivity contribution in [2.45, 2.75) is 32.4 Å². The number of allylic oxidation sites excluding steroid dienone is 1. The van der Waals surface area contributed by atoms with E-state index >= 15 is 0 Å². The van der Waals surface area contributed by atoms with Gasteiger partial charge in [-0.2, -0.15) is 0 Å². The molecule has 2 amide bonds. The summed E-state index contributed by atoms with van der Waals surface area (Å²) in [6.45, 7) is 5.56. The summed E-state index contributed by atoms with van der Waals surface area (Å²) in [5.74, 6) is 0.0681. The minimum absolute atomic E-state index is 0.0468. The van der Waals surface area contributed by atoms with Crippen LogP contribution in [0.1, 0.15) is 30.6 Å². The highest BCUT2D eigenvalue weighted by molar-refractivity contribution is 5.99. The van der Waals surface area contributed by atoms with Gasteiger partial charge in [0, 0.05) is 12.2 Å². The van der Waals surface area contributed by atoms with Gasteiger partial charge in [-0.25, -0.2) is 0 Å². The second-order valence-electron chi connectivity index (χ2n) is 6.64. The van der Waals surface area contributed by atoms with E-state index in [2.05, 4.69) is 10.6 Å².